The predicted molar refractivity (Wildman–Crippen MR) is 225 cm³/mol. The molecular weight excluding hydrogens is 797 g/mol. The van der Waals surface area contributed by atoms with E-state index in [1.54, 1.807) is 24.8 Å². The molecule has 19 heteroatoms. The molecule has 1 aliphatic carbocycles. The Morgan fingerprint density at radius 1 is 0.887 bits per heavy atom. The first-order chi connectivity index (χ1) is 30.0. The summed E-state index contributed by atoms with van der Waals surface area (Å²) in [5.41, 5.74) is 3.46. The third-order valence-corrected chi connectivity index (χ3v) is 12.1. The van der Waals surface area contributed by atoms with E-state index < -0.39 is 29.7 Å². The van der Waals surface area contributed by atoms with Gasteiger partial charge in [0.1, 0.15) is 23.6 Å². The number of benzene rings is 1. The molecule has 0 radical (unpaired) electrons. The van der Waals surface area contributed by atoms with Gasteiger partial charge < -0.3 is 30.7 Å². The Labute approximate surface area is 357 Å². The van der Waals surface area contributed by atoms with Crippen LogP contribution < -0.4 is 26.6 Å². The molecule has 324 valence electrons. The molecule has 62 heavy (non-hydrogen) atoms. The monoisotopic (exact) mass is 846 g/mol. The average Bonchev–Trinajstić information content (AvgIpc) is 3.79. The van der Waals surface area contributed by atoms with Crippen molar-refractivity contribution in [2.24, 2.45) is 5.92 Å². The number of imide groups is 2. The van der Waals surface area contributed by atoms with Crippen LogP contribution >= 0.6 is 0 Å². The number of amides is 7. The summed E-state index contributed by atoms with van der Waals surface area (Å²) in [5, 5.41) is 14.6. The summed E-state index contributed by atoms with van der Waals surface area (Å²) < 4.78 is 2.06. The molecular formula is C43H50N12O7. The fourth-order valence-electron chi connectivity index (χ4n) is 8.53. The number of hydrogen-bond acceptors (Lipinski definition) is 13. The SMILES string of the molecule is Cc1cccc(C(=O)NC2CC(n3cnc4c(NCC5CCN(C(=O)CCCCCNC(=O)CNc6ccc7c(c6)C(=O)N(C6CCC(=O)NC6=O)C7=O)CC5)ncnc43)C2)n1. The number of hydrogen-bond donors (Lipinski definition) is 5. The number of anilines is 2. The number of rotatable bonds is 16. The molecule has 0 spiro atoms. The second-order valence-corrected chi connectivity index (χ2v) is 16.4. The molecule has 1 atom stereocenters. The van der Waals surface area contributed by atoms with Gasteiger partial charge in [0.2, 0.25) is 23.6 Å². The van der Waals surface area contributed by atoms with Gasteiger partial charge in [-0.15, -0.1) is 0 Å². The van der Waals surface area contributed by atoms with Gasteiger partial charge in [-0.3, -0.25) is 43.8 Å². The van der Waals surface area contributed by atoms with E-state index in [9.17, 15) is 33.6 Å². The van der Waals surface area contributed by atoms with Crippen molar-refractivity contribution in [3.63, 3.8) is 0 Å². The first kappa shape index (κ1) is 41.9. The molecule has 3 aliphatic heterocycles. The number of unbranched alkanes of at least 4 members (excludes halogenated alkanes) is 2. The number of carbonyl (C=O) groups excluding carboxylic acids is 7. The van der Waals surface area contributed by atoms with Crippen molar-refractivity contribution < 1.29 is 33.6 Å². The first-order valence-electron chi connectivity index (χ1n) is 21.3. The highest BCUT2D eigenvalue weighted by Gasteiger charge is 2.44. The van der Waals surface area contributed by atoms with Crippen molar-refractivity contribution in [3.05, 3.63) is 71.6 Å². The zero-order valence-electron chi connectivity index (χ0n) is 34.5. The van der Waals surface area contributed by atoms with Crippen LogP contribution in [0.5, 0.6) is 0 Å². The van der Waals surface area contributed by atoms with Crippen LogP contribution in [-0.2, 0) is 19.2 Å². The molecule has 8 rings (SSSR count). The third kappa shape index (κ3) is 9.25. The number of aromatic nitrogens is 5. The van der Waals surface area contributed by atoms with Crippen LogP contribution in [0.15, 0.2) is 49.1 Å². The number of nitrogens with one attached hydrogen (secondary N) is 5. The Balaban J connectivity index is 0.688. The number of fused-ring (bicyclic) bond motifs is 2. The Morgan fingerprint density at radius 2 is 1.69 bits per heavy atom. The number of carbonyl (C=O) groups is 7. The lowest BCUT2D eigenvalue weighted by Crippen LogP contribution is -2.54. The van der Waals surface area contributed by atoms with E-state index in [1.165, 1.54) is 12.1 Å². The number of aryl methyl sites for hydroxylation is 1. The van der Waals surface area contributed by atoms with Crippen LogP contribution in [-0.4, -0.2) is 120 Å². The normalized spacial score (nSPS) is 20.1. The largest absolute Gasteiger partial charge is 0.376 e. The minimum Gasteiger partial charge on any atom is -0.376 e. The topological polar surface area (TPSA) is 243 Å². The minimum absolute atomic E-state index is 0.0392. The van der Waals surface area contributed by atoms with E-state index in [-0.39, 0.29) is 60.3 Å². The molecule has 1 saturated carbocycles. The van der Waals surface area contributed by atoms with Crippen molar-refractivity contribution in [3.8, 4) is 0 Å². The van der Waals surface area contributed by atoms with Gasteiger partial charge in [-0.1, -0.05) is 12.5 Å². The van der Waals surface area contributed by atoms with E-state index in [0.29, 0.717) is 61.2 Å². The number of nitrogens with zero attached hydrogens (tertiary/aromatic N) is 7. The second-order valence-electron chi connectivity index (χ2n) is 16.4. The van der Waals surface area contributed by atoms with E-state index in [4.69, 9.17) is 0 Å². The fourth-order valence-corrected chi connectivity index (χ4v) is 8.53. The highest BCUT2D eigenvalue weighted by Crippen LogP contribution is 2.35. The molecule has 1 aromatic carbocycles. The molecule has 3 fully saturated rings. The second kappa shape index (κ2) is 18.4. The summed E-state index contributed by atoms with van der Waals surface area (Å²) in [7, 11) is 0. The van der Waals surface area contributed by atoms with Crippen LogP contribution in [0.4, 0.5) is 11.5 Å². The summed E-state index contributed by atoms with van der Waals surface area (Å²) >= 11 is 0. The number of likely N-dealkylation sites (tertiary alicyclic amines) is 1. The molecule has 19 nitrogen and oxygen atoms in total. The van der Waals surface area contributed by atoms with Gasteiger partial charge in [-0.05, 0) is 88.1 Å². The van der Waals surface area contributed by atoms with Crippen LogP contribution in [0, 0.1) is 12.8 Å². The molecule has 3 aromatic heterocycles. The molecule has 4 aliphatic rings. The number of imidazole rings is 1. The number of piperidine rings is 2. The standard InChI is InChI=1S/C43H50N12O7/c1-25-6-5-7-32(50-25)40(59)51-28-18-29(19-28)54-24-49-37-38(47-23-48-39(37)54)46-21-26-13-16-53(17-14-26)36(58)8-3-2-4-15-44-35(57)22-45-27-9-10-30-31(20-27)43(62)55(42(30)61)33-11-12-34(56)52-41(33)60/h5-7,9-10,20,23-24,26,28-29,33,45H,2-4,8,11-19,21-22H2,1H3,(H,44,57)(H,51,59)(H,46,47,48)(H,52,56,60). The average molecular weight is 847 g/mol. The molecule has 4 aromatic rings. The van der Waals surface area contributed by atoms with Gasteiger partial charge in [0.15, 0.2) is 11.5 Å². The molecule has 6 heterocycles. The maximum atomic E-state index is 13.1. The van der Waals surface area contributed by atoms with Crippen molar-refractivity contribution in [1.82, 2.24) is 50.3 Å². The zero-order chi connectivity index (χ0) is 43.3. The molecule has 1 unspecified atom stereocenters. The van der Waals surface area contributed by atoms with E-state index in [1.807, 2.05) is 24.0 Å². The van der Waals surface area contributed by atoms with Gasteiger partial charge in [0.25, 0.3) is 17.7 Å². The van der Waals surface area contributed by atoms with Crippen molar-refractivity contribution in [2.45, 2.75) is 89.3 Å². The maximum absolute atomic E-state index is 13.1. The van der Waals surface area contributed by atoms with Gasteiger partial charge in [-0.2, -0.15) is 0 Å². The lowest BCUT2D eigenvalue weighted by molar-refractivity contribution is -0.136. The predicted octanol–water partition coefficient (Wildman–Crippen LogP) is 2.50. The van der Waals surface area contributed by atoms with E-state index in [2.05, 4.69) is 51.1 Å². The molecule has 2 saturated heterocycles. The first-order valence-corrected chi connectivity index (χ1v) is 21.3. The van der Waals surface area contributed by atoms with Gasteiger partial charge >= 0.3 is 0 Å². The summed E-state index contributed by atoms with van der Waals surface area (Å²) in [4.78, 5) is 109. The minimum atomic E-state index is -1.05. The molecule has 5 N–H and O–H groups in total. The van der Waals surface area contributed by atoms with Gasteiger partial charge in [0.05, 0.1) is 24.0 Å². The molecule has 0 bridgehead atoms. The van der Waals surface area contributed by atoms with Crippen LogP contribution in [0.3, 0.4) is 0 Å². The Bertz CT molecular complexity index is 2400. The molecule has 7 amide bonds. The maximum Gasteiger partial charge on any atom is 0.270 e. The fraction of sp³-hybridized carbons (Fsp3) is 0.465. The lowest BCUT2D eigenvalue weighted by atomic mass is 9.86. The third-order valence-electron chi connectivity index (χ3n) is 12.1. The van der Waals surface area contributed by atoms with Gasteiger partial charge in [-0.25, -0.2) is 19.9 Å². The van der Waals surface area contributed by atoms with Gasteiger partial charge in [0, 0.05) is 62.5 Å². The smallest absolute Gasteiger partial charge is 0.270 e. The zero-order valence-corrected chi connectivity index (χ0v) is 34.5. The summed E-state index contributed by atoms with van der Waals surface area (Å²) in [6, 6.07) is 9.17. The van der Waals surface area contributed by atoms with E-state index in [0.717, 1.165) is 61.2 Å². The van der Waals surface area contributed by atoms with E-state index >= 15 is 0 Å². The van der Waals surface area contributed by atoms with Crippen molar-refractivity contribution in [1.29, 1.82) is 0 Å². The Hall–Kier alpha value is -6.79. The highest BCUT2D eigenvalue weighted by atomic mass is 16.2. The van der Waals surface area contributed by atoms with Crippen LogP contribution in [0.2, 0.25) is 0 Å². The van der Waals surface area contributed by atoms with Crippen LogP contribution in [0.1, 0.15) is 107 Å². The van der Waals surface area contributed by atoms with Crippen molar-refractivity contribution in [2.75, 3.05) is 43.4 Å². The summed E-state index contributed by atoms with van der Waals surface area (Å²) in [6.07, 6.45) is 9.47. The summed E-state index contributed by atoms with van der Waals surface area (Å²) in [6.45, 7) is 4.39. The Morgan fingerprint density at radius 3 is 2.48 bits per heavy atom. The quantitative estimate of drug-likeness (QED) is 0.0806. The Kier molecular flexibility index (Phi) is 12.5. The number of pyridine rings is 1. The van der Waals surface area contributed by atoms with Crippen LogP contribution in [0.25, 0.3) is 11.2 Å². The van der Waals surface area contributed by atoms with Crippen molar-refractivity contribution >= 4 is 64.0 Å². The lowest BCUT2D eigenvalue weighted by Gasteiger charge is -2.36. The summed E-state index contributed by atoms with van der Waals surface area (Å²) in [5.74, 6) is -1.51. The highest BCUT2D eigenvalue weighted by molar-refractivity contribution is 6.23.